The molecule has 1 N–H and O–H groups in total. The second-order valence-corrected chi connectivity index (χ2v) is 11.4. The molecule has 0 radical (unpaired) electrons. The van der Waals surface area contributed by atoms with Crippen LogP contribution in [0.25, 0.3) is 5.57 Å². The molecule has 40 heavy (non-hydrogen) atoms. The lowest BCUT2D eigenvalue weighted by Gasteiger charge is -2.38. The Morgan fingerprint density at radius 3 is 2.48 bits per heavy atom. The van der Waals surface area contributed by atoms with Crippen molar-refractivity contribution in [1.82, 2.24) is 9.88 Å². The Labute approximate surface area is 241 Å². The number of aromatic nitrogens is 1. The third-order valence-corrected chi connectivity index (χ3v) is 8.07. The Kier molecular flexibility index (Phi) is 8.36. The number of hydrogen-bond donors (Lipinski definition) is 1. The van der Waals surface area contributed by atoms with Crippen LogP contribution in [0, 0.1) is 0 Å². The molecular formula is C31H28Cl2F3N3O. The summed E-state index contributed by atoms with van der Waals surface area (Å²) in [6.45, 7) is 1.80. The minimum Gasteiger partial charge on any atom is -0.322 e. The molecule has 5 rings (SSSR count). The molecule has 2 aliphatic rings. The molecule has 1 saturated heterocycles. The lowest BCUT2D eigenvalue weighted by Crippen LogP contribution is -2.42. The van der Waals surface area contributed by atoms with Crippen molar-refractivity contribution >= 4 is 40.4 Å². The zero-order chi connectivity index (χ0) is 28.3. The van der Waals surface area contributed by atoms with Crippen LogP contribution in [-0.2, 0) is 6.18 Å². The third-order valence-electron chi connectivity index (χ3n) is 7.46. The number of nitrogens with one attached hydrogen (secondary N) is 1. The average Bonchev–Trinajstić information content (AvgIpc) is 2.94. The second kappa shape index (κ2) is 11.8. The van der Waals surface area contributed by atoms with E-state index in [1.54, 1.807) is 0 Å². The number of nitrogens with zero attached hydrogens (tertiary/aromatic N) is 2. The molecule has 1 fully saturated rings. The lowest BCUT2D eigenvalue weighted by atomic mass is 9.84. The van der Waals surface area contributed by atoms with Crippen LogP contribution in [0.3, 0.4) is 0 Å². The van der Waals surface area contributed by atoms with E-state index >= 15 is 0 Å². The van der Waals surface area contributed by atoms with Gasteiger partial charge in [-0.3, -0.25) is 4.79 Å². The van der Waals surface area contributed by atoms with Gasteiger partial charge in [0.15, 0.2) is 0 Å². The number of anilines is 1. The molecule has 0 saturated carbocycles. The maximum absolute atomic E-state index is 14.1. The van der Waals surface area contributed by atoms with Crippen LogP contribution in [0.1, 0.15) is 52.2 Å². The third kappa shape index (κ3) is 6.60. The molecule has 0 spiro atoms. The number of carbonyl (C=O) groups excluding carboxylic acids is 1. The van der Waals surface area contributed by atoms with Crippen molar-refractivity contribution in [1.29, 1.82) is 0 Å². The van der Waals surface area contributed by atoms with Gasteiger partial charge in [0.25, 0.3) is 5.91 Å². The van der Waals surface area contributed by atoms with Crippen LogP contribution in [0.4, 0.5) is 18.9 Å². The number of hydrogen-bond acceptors (Lipinski definition) is 3. The Bertz CT molecular complexity index is 1430. The van der Waals surface area contributed by atoms with Crippen molar-refractivity contribution < 1.29 is 18.0 Å². The maximum atomic E-state index is 14.1. The van der Waals surface area contributed by atoms with Gasteiger partial charge < -0.3 is 10.2 Å². The van der Waals surface area contributed by atoms with Crippen molar-refractivity contribution in [2.75, 3.05) is 25.0 Å². The summed E-state index contributed by atoms with van der Waals surface area (Å²) in [6, 6.07) is 16.9. The Balaban J connectivity index is 1.29. The quantitative estimate of drug-likeness (QED) is 0.234. The second-order valence-electron chi connectivity index (χ2n) is 10.2. The number of halogens is 5. The van der Waals surface area contributed by atoms with Crippen molar-refractivity contribution in [3.8, 4) is 0 Å². The number of carbonyl (C=O) groups is 1. The summed E-state index contributed by atoms with van der Waals surface area (Å²) in [4.78, 5) is 18.4. The molecule has 1 aromatic heterocycles. The molecule has 3 aromatic rings. The van der Waals surface area contributed by atoms with Gasteiger partial charge in [-0.2, -0.15) is 13.2 Å². The first-order chi connectivity index (χ1) is 19.1. The Morgan fingerprint density at radius 1 is 1.07 bits per heavy atom. The summed E-state index contributed by atoms with van der Waals surface area (Å²) in [5.74, 6) is -0.915. The molecule has 1 atom stereocenters. The largest absolute Gasteiger partial charge is 0.416 e. The Morgan fingerprint density at radius 2 is 1.82 bits per heavy atom. The van der Waals surface area contributed by atoms with E-state index in [0.29, 0.717) is 38.9 Å². The van der Waals surface area contributed by atoms with Gasteiger partial charge in [0, 0.05) is 24.0 Å². The van der Waals surface area contributed by atoms with Crippen LogP contribution in [-0.4, -0.2) is 40.3 Å². The Hall–Kier alpha value is -3.13. The number of piperidine rings is 1. The smallest absolute Gasteiger partial charge is 0.322 e. The van der Waals surface area contributed by atoms with Gasteiger partial charge in [-0.1, -0.05) is 66.2 Å². The van der Waals surface area contributed by atoms with E-state index in [1.165, 1.54) is 30.5 Å². The summed E-state index contributed by atoms with van der Waals surface area (Å²) >= 11 is 12.9. The first kappa shape index (κ1) is 28.4. The van der Waals surface area contributed by atoms with E-state index in [0.717, 1.165) is 17.2 Å². The van der Waals surface area contributed by atoms with Crippen LogP contribution in [0.5, 0.6) is 0 Å². The molecule has 208 valence electrons. The van der Waals surface area contributed by atoms with E-state index in [4.69, 9.17) is 23.2 Å². The highest BCUT2D eigenvalue weighted by Gasteiger charge is 2.38. The summed E-state index contributed by atoms with van der Waals surface area (Å²) in [5, 5.41) is 2.81. The van der Waals surface area contributed by atoms with Gasteiger partial charge >= 0.3 is 6.18 Å². The molecule has 1 unspecified atom stereocenters. The number of alkyl halides is 4. The average molecular weight is 586 g/mol. The molecule has 0 bridgehead atoms. The molecule has 2 heterocycles. The predicted octanol–water partition coefficient (Wildman–Crippen LogP) is 8.21. The van der Waals surface area contributed by atoms with Crippen molar-refractivity contribution in [2.45, 2.75) is 36.2 Å². The highest BCUT2D eigenvalue weighted by atomic mass is 35.5. The lowest BCUT2D eigenvalue weighted by molar-refractivity contribution is -0.138. The SMILES string of the molecule is O=C(Nc1cccc(C(F)(F)F)c1C1CCN(CC2(Cl)C=CC(c3ccccc3)=CC2)CC1)c1ccnc(Cl)c1. The number of pyridine rings is 1. The van der Waals surface area contributed by atoms with E-state index in [-0.39, 0.29) is 27.9 Å². The minimum absolute atomic E-state index is 0.122. The molecule has 4 nitrogen and oxygen atoms in total. The molecule has 9 heteroatoms. The first-order valence-corrected chi connectivity index (χ1v) is 13.9. The summed E-state index contributed by atoms with van der Waals surface area (Å²) in [7, 11) is 0. The number of likely N-dealkylation sites (tertiary alicyclic amines) is 1. The molecular weight excluding hydrogens is 558 g/mol. The molecule has 1 amide bonds. The van der Waals surface area contributed by atoms with Gasteiger partial charge in [0.05, 0.1) is 10.4 Å². The van der Waals surface area contributed by atoms with E-state index in [1.807, 2.05) is 30.4 Å². The van der Waals surface area contributed by atoms with Gasteiger partial charge in [0.2, 0.25) is 0 Å². The van der Waals surface area contributed by atoms with Crippen LogP contribution >= 0.6 is 23.2 Å². The number of rotatable bonds is 6. The van der Waals surface area contributed by atoms with Crippen LogP contribution in [0.2, 0.25) is 5.15 Å². The fourth-order valence-electron chi connectivity index (χ4n) is 5.47. The highest BCUT2D eigenvalue weighted by Crippen LogP contribution is 2.43. The molecule has 1 aliphatic carbocycles. The fraction of sp³-hybridized carbons (Fsp3) is 0.290. The first-order valence-electron chi connectivity index (χ1n) is 13.1. The summed E-state index contributed by atoms with van der Waals surface area (Å²) in [5.41, 5.74) is 2.04. The van der Waals surface area contributed by atoms with Crippen molar-refractivity contribution in [3.63, 3.8) is 0 Å². The van der Waals surface area contributed by atoms with Gasteiger partial charge in [0.1, 0.15) is 5.15 Å². The highest BCUT2D eigenvalue weighted by molar-refractivity contribution is 6.29. The summed E-state index contributed by atoms with van der Waals surface area (Å²) < 4.78 is 42.3. The van der Waals surface area contributed by atoms with E-state index in [2.05, 4.69) is 33.4 Å². The molecule has 1 aliphatic heterocycles. The monoisotopic (exact) mass is 585 g/mol. The van der Waals surface area contributed by atoms with Crippen LogP contribution in [0.15, 0.2) is 85.1 Å². The zero-order valence-corrected chi connectivity index (χ0v) is 23.1. The predicted molar refractivity (Wildman–Crippen MR) is 154 cm³/mol. The van der Waals surface area contributed by atoms with Gasteiger partial charge in [-0.25, -0.2) is 4.98 Å². The van der Waals surface area contributed by atoms with Gasteiger partial charge in [-0.15, -0.1) is 11.6 Å². The zero-order valence-electron chi connectivity index (χ0n) is 21.6. The van der Waals surface area contributed by atoms with Gasteiger partial charge in [-0.05, 0) is 79.2 Å². The van der Waals surface area contributed by atoms with E-state index in [9.17, 15) is 18.0 Å². The number of amides is 1. The maximum Gasteiger partial charge on any atom is 0.416 e. The number of allylic oxidation sites excluding steroid dienone is 3. The topological polar surface area (TPSA) is 45.2 Å². The molecule has 2 aromatic carbocycles. The summed E-state index contributed by atoms with van der Waals surface area (Å²) in [6.07, 6.45) is 4.73. The van der Waals surface area contributed by atoms with Crippen LogP contribution < -0.4 is 5.32 Å². The normalized spacial score (nSPS) is 20.3. The van der Waals surface area contributed by atoms with Crippen molar-refractivity contribution in [3.05, 3.63) is 112 Å². The minimum atomic E-state index is -4.55. The van der Waals surface area contributed by atoms with E-state index < -0.39 is 22.5 Å². The fourth-order valence-corrected chi connectivity index (χ4v) is 5.95. The number of benzene rings is 2. The standard InChI is InChI=1S/C31H28Cl2F3N3O/c32-27-19-24(11-16-37-27)29(40)38-26-8-4-7-25(31(34,35)36)28(26)23-12-17-39(18-13-23)20-30(33)14-9-22(10-15-30)21-5-2-1-3-6-21/h1-11,14,16,19,23H,12-13,15,17-18,20H2,(H,38,40). The van der Waals surface area contributed by atoms with Crippen molar-refractivity contribution in [2.24, 2.45) is 0 Å².